The van der Waals surface area contributed by atoms with Gasteiger partial charge in [-0.2, -0.15) is 0 Å². The maximum absolute atomic E-state index is 11.1. The quantitative estimate of drug-likeness (QED) is 0.647. The maximum Gasteiger partial charge on any atom is 0.436 e. The molecule has 3 nitrogen and oxygen atoms in total. The van der Waals surface area contributed by atoms with Crippen LogP contribution in [0.15, 0.2) is 36.5 Å². The van der Waals surface area contributed by atoms with Crippen LogP contribution in [-0.2, 0) is 4.29 Å². The zero-order valence-corrected chi connectivity index (χ0v) is 7.36. The Balaban J connectivity index is 2.64. The number of halogens is 1. The third kappa shape index (κ3) is 1.27. The summed E-state index contributed by atoms with van der Waals surface area (Å²) >= 11 is 4.97. The highest BCUT2D eigenvalue weighted by molar-refractivity contribution is 6.13. The molecule has 0 aliphatic carbocycles. The summed E-state index contributed by atoms with van der Waals surface area (Å²) < 4.78 is 5.45. The van der Waals surface area contributed by atoms with E-state index in [0.29, 0.717) is 0 Å². The summed E-state index contributed by atoms with van der Waals surface area (Å²) in [4.78, 5) is 11.1. The summed E-state index contributed by atoms with van der Waals surface area (Å²) in [5.41, 5.74) is 0.785. The van der Waals surface area contributed by atoms with E-state index >= 15 is 0 Å². The summed E-state index contributed by atoms with van der Waals surface area (Å²) in [5.74, 6) is 0. The molecule has 66 valence electrons. The van der Waals surface area contributed by atoms with Crippen molar-refractivity contribution < 1.29 is 9.08 Å². The molecular weight excluding hydrogens is 190 g/mol. The molecule has 0 radical (unpaired) electrons. The minimum absolute atomic E-state index is 0.595. The first-order chi connectivity index (χ1) is 6.33. The van der Waals surface area contributed by atoms with Gasteiger partial charge < -0.3 is 4.29 Å². The van der Waals surface area contributed by atoms with Gasteiger partial charge in [0.1, 0.15) is 11.9 Å². The molecule has 4 heteroatoms. The molecule has 2 rings (SSSR count). The van der Waals surface area contributed by atoms with Gasteiger partial charge in [-0.1, -0.05) is 18.2 Å². The molecule has 0 saturated heterocycles. The Bertz CT molecular complexity index is 450. The molecule has 0 unspecified atom stereocenters. The van der Waals surface area contributed by atoms with Crippen LogP contribution in [0.5, 0.6) is 0 Å². The third-order valence-corrected chi connectivity index (χ3v) is 1.99. The fraction of sp³-hybridized carbons (Fsp3) is 0. The van der Waals surface area contributed by atoms with E-state index in [1.165, 1.54) is 4.57 Å². The fourth-order valence-corrected chi connectivity index (χ4v) is 1.35. The summed E-state index contributed by atoms with van der Waals surface area (Å²) in [6, 6.07) is 9.30. The molecule has 1 heterocycles. The van der Waals surface area contributed by atoms with Crippen LogP contribution in [0.3, 0.4) is 0 Å². The monoisotopic (exact) mass is 195 g/mol. The van der Waals surface area contributed by atoms with E-state index in [1.54, 1.807) is 6.20 Å². The Morgan fingerprint density at radius 3 is 2.85 bits per heavy atom. The Hall–Kier alpha value is -1.48. The lowest BCUT2D eigenvalue weighted by Crippen LogP contribution is -2.06. The van der Waals surface area contributed by atoms with Crippen LogP contribution < -0.4 is 0 Å². The molecule has 1 aromatic heterocycles. The van der Waals surface area contributed by atoms with Gasteiger partial charge in [0.15, 0.2) is 0 Å². The molecule has 0 aliphatic rings. The van der Waals surface area contributed by atoms with Crippen molar-refractivity contribution in [3.05, 3.63) is 36.5 Å². The highest BCUT2D eigenvalue weighted by Gasteiger charge is 2.07. The average molecular weight is 196 g/mol. The minimum atomic E-state index is -0.595. The number of hydrogen-bond acceptors (Lipinski definition) is 2. The summed E-state index contributed by atoms with van der Waals surface area (Å²) in [7, 11) is 0. The van der Waals surface area contributed by atoms with Gasteiger partial charge in [0.2, 0.25) is 0 Å². The predicted octanol–water partition coefficient (Wildman–Crippen LogP) is 2.78. The van der Waals surface area contributed by atoms with Crippen LogP contribution in [0, 0.1) is 0 Å². The van der Waals surface area contributed by atoms with Gasteiger partial charge in [0.05, 0.1) is 5.52 Å². The van der Waals surface area contributed by atoms with E-state index in [9.17, 15) is 4.79 Å². The Labute approximate surface area is 79.6 Å². The van der Waals surface area contributed by atoms with Gasteiger partial charge in [-0.05, 0) is 12.1 Å². The maximum atomic E-state index is 11.1. The van der Waals surface area contributed by atoms with E-state index in [0.717, 1.165) is 10.9 Å². The van der Waals surface area contributed by atoms with Crippen LogP contribution in [0.4, 0.5) is 4.79 Å². The van der Waals surface area contributed by atoms with Crippen molar-refractivity contribution in [3.8, 4) is 0 Å². The Kier molecular flexibility index (Phi) is 1.94. The van der Waals surface area contributed by atoms with E-state index in [1.807, 2.05) is 30.3 Å². The van der Waals surface area contributed by atoms with Gasteiger partial charge >= 0.3 is 6.09 Å². The topological polar surface area (TPSA) is 31.2 Å². The molecule has 0 bridgehead atoms. The number of hydrogen-bond donors (Lipinski definition) is 0. The molecular formula is C9H6ClNO2. The number of fused-ring (bicyclic) bond motifs is 1. The molecule has 0 N–H and O–H groups in total. The first kappa shape index (κ1) is 8.13. The third-order valence-electron chi connectivity index (χ3n) is 1.86. The second-order valence-corrected chi connectivity index (χ2v) is 2.74. The molecule has 0 amide bonds. The van der Waals surface area contributed by atoms with Crippen LogP contribution in [0.2, 0.25) is 0 Å². The number of benzene rings is 1. The Morgan fingerprint density at radius 1 is 1.31 bits per heavy atom. The van der Waals surface area contributed by atoms with Crippen LogP contribution in [0.1, 0.15) is 0 Å². The van der Waals surface area contributed by atoms with Crippen molar-refractivity contribution in [2.24, 2.45) is 0 Å². The SMILES string of the molecule is O=C(OCl)n1ccc2ccccc21. The van der Waals surface area contributed by atoms with Gasteiger partial charge in [-0.3, -0.25) is 4.57 Å². The van der Waals surface area contributed by atoms with Gasteiger partial charge in [-0.25, -0.2) is 4.79 Å². The largest absolute Gasteiger partial charge is 0.436 e. The van der Waals surface area contributed by atoms with Crippen molar-refractivity contribution >= 4 is 28.9 Å². The number of carbonyl (C=O) groups excluding carboxylic acids is 1. The molecule has 0 atom stereocenters. The summed E-state index contributed by atoms with van der Waals surface area (Å²) in [6.07, 6.45) is 1.03. The number of rotatable bonds is 0. The zero-order chi connectivity index (χ0) is 9.26. The minimum Gasteiger partial charge on any atom is -0.330 e. The van der Waals surface area contributed by atoms with Crippen molar-refractivity contribution in [1.29, 1.82) is 0 Å². The van der Waals surface area contributed by atoms with Crippen molar-refractivity contribution in [1.82, 2.24) is 4.57 Å². The second kappa shape index (κ2) is 3.11. The molecule has 0 spiro atoms. The summed E-state index contributed by atoms with van der Waals surface area (Å²) in [6.45, 7) is 0. The molecule has 0 aliphatic heterocycles. The number of carbonyl (C=O) groups is 1. The highest BCUT2D eigenvalue weighted by Crippen LogP contribution is 2.15. The lowest BCUT2D eigenvalue weighted by atomic mass is 10.2. The van der Waals surface area contributed by atoms with Gasteiger partial charge in [-0.15, -0.1) is 0 Å². The number of para-hydroxylation sites is 1. The second-order valence-electron chi connectivity index (χ2n) is 2.59. The fourth-order valence-electron chi connectivity index (χ4n) is 1.28. The lowest BCUT2D eigenvalue weighted by molar-refractivity contribution is 0.208. The van der Waals surface area contributed by atoms with Crippen molar-refractivity contribution in [2.45, 2.75) is 0 Å². The number of aromatic nitrogens is 1. The van der Waals surface area contributed by atoms with Crippen LogP contribution in [-0.4, -0.2) is 10.7 Å². The van der Waals surface area contributed by atoms with Crippen LogP contribution >= 0.6 is 11.9 Å². The molecule has 0 fully saturated rings. The molecule has 0 saturated carbocycles. The summed E-state index contributed by atoms with van der Waals surface area (Å²) in [5, 5.41) is 0.976. The average Bonchev–Trinajstić information content (AvgIpc) is 2.60. The lowest BCUT2D eigenvalue weighted by Gasteiger charge is -1.98. The Morgan fingerprint density at radius 2 is 2.08 bits per heavy atom. The van der Waals surface area contributed by atoms with Crippen LogP contribution in [0.25, 0.3) is 10.9 Å². The highest BCUT2D eigenvalue weighted by atomic mass is 35.5. The number of nitrogens with zero attached hydrogens (tertiary/aromatic N) is 1. The molecule has 2 aromatic rings. The smallest absolute Gasteiger partial charge is 0.330 e. The van der Waals surface area contributed by atoms with Crippen molar-refractivity contribution in [3.63, 3.8) is 0 Å². The normalized spacial score (nSPS) is 10.2. The molecule has 1 aromatic carbocycles. The first-order valence-electron chi connectivity index (χ1n) is 3.72. The van der Waals surface area contributed by atoms with Gasteiger partial charge in [0.25, 0.3) is 0 Å². The van der Waals surface area contributed by atoms with E-state index in [2.05, 4.69) is 4.29 Å². The predicted molar refractivity (Wildman–Crippen MR) is 49.7 cm³/mol. The van der Waals surface area contributed by atoms with Gasteiger partial charge in [0, 0.05) is 11.6 Å². The molecule has 13 heavy (non-hydrogen) atoms. The van der Waals surface area contributed by atoms with E-state index in [4.69, 9.17) is 11.9 Å². The van der Waals surface area contributed by atoms with E-state index in [-0.39, 0.29) is 0 Å². The van der Waals surface area contributed by atoms with Crippen molar-refractivity contribution in [2.75, 3.05) is 0 Å². The van der Waals surface area contributed by atoms with E-state index < -0.39 is 6.09 Å². The first-order valence-corrected chi connectivity index (χ1v) is 4.03. The standard InChI is InChI=1S/C9H6ClNO2/c10-13-9(12)11-6-5-7-3-1-2-4-8(7)11/h1-6H. The zero-order valence-electron chi connectivity index (χ0n) is 6.61.